The molecule has 6 nitrogen and oxygen atoms in total. The number of ether oxygens (including phenoxy) is 1. The number of rotatable bonds is 7. The van der Waals surface area contributed by atoms with Gasteiger partial charge in [-0.1, -0.05) is 23.7 Å². The second-order valence-electron chi connectivity index (χ2n) is 6.50. The van der Waals surface area contributed by atoms with Crippen molar-refractivity contribution < 1.29 is 9.53 Å². The van der Waals surface area contributed by atoms with Gasteiger partial charge in [-0.15, -0.1) is 0 Å². The van der Waals surface area contributed by atoms with Gasteiger partial charge in [0.05, 0.1) is 19.8 Å². The second kappa shape index (κ2) is 9.16. The molecule has 2 heterocycles. The predicted octanol–water partition coefficient (Wildman–Crippen LogP) is 2.27. The Kier molecular flexibility index (Phi) is 6.66. The molecule has 1 fully saturated rings. The van der Waals surface area contributed by atoms with Crippen LogP contribution in [0.4, 0.5) is 0 Å². The Labute approximate surface area is 159 Å². The van der Waals surface area contributed by atoms with E-state index in [2.05, 4.69) is 14.5 Å². The van der Waals surface area contributed by atoms with Gasteiger partial charge in [-0.05, 0) is 17.7 Å². The van der Waals surface area contributed by atoms with Gasteiger partial charge < -0.3 is 14.2 Å². The molecule has 140 valence electrons. The van der Waals surface area contributed by atoms with Gasteiger partial charge in [0.25, 0.3) is 0 Å². The second-order valence-corrected chi connectivity index (χ2v) is 6.93. The summed E-state index contributed by atoms with van der Waals surface area (Å²) in [6.07, 6.45) is 3.72. The van der Waals surface area contributed by atoms with Crippen LogP contribution in [0.1, 0.15) is 18.3 Å². The number of hydrogen-bond donors (Lipinski definition) is 0. The summed E-state index contributed by atoms with van der Waals surface area (Å²) in [6, 6.07) is 7.80. The predicted molar refractivity (Wildman–Crippen MR) is 101 cm³/mol. The smallest absolute Gasteiger partial charge is 0.219 e. The van der Waals surface area contributed by atoms with Crippen LogP contribution < -0.4 is 0 Å². The molecule has 7 heteroatoms. The van der Waals surface area contributed by atoms with Gasteiger partial charge in [-0.2, -0.15) is 0 Å². The van der Waals surface area contributed by atoms with Crippen molar-refractivity contribution in [3.63, 3.8) is 0 Å². The lowest BCUT2D eigenvalue weighted by atomic mass is 10.2. The van der Waals surface area contributed by atoms with E-state index < -0.39 is 0 Å². The first-order chi connectivity index (χ1) is 12.6. The summed E-state index contributed by atoms with van der Waals surface area (Å²) >= 11 is 6.07. The zero-order valence-corrected chi connectivity index (χ0v) is 15.9. The lowest BCUT2D eigenvalue weighted by Crippen LogP contribution is -2.42. The maximum atomic E-state index is 12.1. The van der Waals surface area contributed by atoms with Crippen LogP contribution in [0.5, 0.6) is 0 Å². The highest BCUT2D eigenvalue weighted by atomic mass is 35.5. The molecule has 1 aromatic carbocycles. The molecular formula is C19H25ClN4O2. The van der Waals surface area contributed by atoms with Gasteiger partial charge in [-0.3, -0.25) is 9.69 Å². The van der Waals surface area contributed by atoms with Crippen LogP contribution in [0.3, 0.4) is 0 Å². The van der Waals surface area contributed by atoms with Crippen molar-refractivity contribution in [2.75, 3.05) is 39.4 Å². The Morgan fingerprint density at radius 3 is 2.88 bits per heavy atom. The molecule has 1 aliphatic heterocycles. The number of morpholine rings is 1. The molecule has 0 N–H and O–H groups in total. The molecule has 1 amide bonds. The van der Waals surface area contributed by atoms with E-state index in [9.17, 15) is 4.79 Å². The number of nitrogens with zero attached hydrogens (tertiary/aromatic N) is 4. The van der Waals surface area contributed by atoms with Gasteiger partial charge in [0, 0.05) is 57.1 Å². The van der Waals surface area contributed by atoms with Crippen molar-refractivity contribution in [1.82, 2.24) is 19.4 Å². The normalized spacial score (nSPS) is 15.2. The van der Waals surface area contributed by atoms with Crippen molar-refractivity contribution in [1.29, 1.82) is 0 Å². The van der Waals surface area contributed by atoms with E-state index in [1.165, 1.54) is 0 Å². The number of halogens is 1. The Bertz CT molecular complexity index is 728. The van der Waals surface area contributed by atoms with Crippen molar-refractivity contribution in [3.8, 4) is 0 Å². The molecular weight excluding hydrogens is 352 g/mol. The van der Waals surface area contributed by atoms with E-state index in [-0.39, 0.29) is 5.91 Å². The first-order valence-electron chi connectivity index (χ1n) is 8.92. The van der Waals surface area contributed by atoms with E-state index in [1.54, 1.807) is 13.1 Å². The number of carbonyl (C=O) groups excluding carboxylic acids is 1. The van der Waals surface area contributed by atoms with Crippen LogP contribution in [0.15, 0.2) is 36.7 Å². The van der Waals surface area contributed by atoms with E-state index >= 15 is 0 Å². The van der Waals surface area contributed by atoms with Crippen LogP contribution in [0, 0.1) is 0 Å². The molecule has 0 spiro atoms. The minimum Gasteiger partial charge on any atom is -0.379 e. The van der Waals surface area contributed by atoms with Gasteiger partial charge in [0.15, 0.2) is 0 Å². The molecule has 26 heavy (non-hydrogen) atoms. The number of aromatic nitrogens is 2. The molecule has 0 aliphatic carbocycles. The molecule has 0 bridgehead atoms. The highest BCUT2D eigenvalue weighted by Crippen LogP contribution is 2.13. The first-order valence-corrected chi connectivity index (χ1v) is 9.29. The largest absolute Gasteiger partial charge is 0.379 e. The molecule has 0 atom stereocenters. The molecule has 3 rings (SSSR count). The fourth-order valence-corrected chi connectivity index (χ4v) is 3.29. The maximum Gasteiger partial charge on any atom is 0.219 e. The highest BCUT2D eigenvalue weighted by molar-refractivity contribution is 6.30. The molecule has 0 unspecified atom stereocenters. The average molecular weight is 377 g/mol. The average Bonchev–Trinajstić information content (AvgIpc) is 3.06. The van der Waals surface area contributed by atoms with E-state index in [1.807, 2.05) is 35.4 Å². The minimum absolute atomic E-state index is 0.0653. The summed E-state index contributed by atoms with van der Waals surface area (Å²) in [5.74, 6) is 0.942. The van der Waals surface area contributed by atoms with Crippen LogP contribution in [-0.4, -0.2) is 64.7 Å². The van der Waals surface area contributed by atoms with E-state index in [0.717, 1.165) is 49.3 Å². The Morgan fingerprint density at radius 1 is 1.35 bits per heavy atom. The monoisotopic (exact) mass is 376 g/mol. The third-order valence-corrected chi connectivity index (χ3v) is 4.85. The Hall–Kier alpha value is -1.89. The lowest BCUT2D eigenvalue weighted by Gasteiger charge is -2.29. The maximum absolute atomic E-state index is 12.1. The van der Waals surface area contributed by atoms with Crippen LogP contribution >= 0.6 is 11.6 Å². The number of benzene rings is 1. The topological polar surface area (TPSA) is 50.6 Å². The first kappa shape index (κ1) is 18.9. The molecule has 2 aromatic rings. The zero-order chi connectivity index (χ0) is 18.4. The third kappa shape index (κ3) is 5.30. The Morgan fingerprint density at radius 2 is 2.15 bits per heavy atom. The summed E-state index contributed by atoms with van der Waals surface area (Å²) in [5, 5.41) is 0.722. The standard InChI is InChI=1S/C19H25ClN4O2/c1-16(25)23(8-7-22-9-11-26-12-10-22)15-19-21-5-6-24(19)14-17-3-2-4-18(20)13-17/h2-6,13H,7-12,14-15H2,1H3. The van der Waals surface area contributed by atoms with E-state index in [0.29, 0.717) is 19.6 Å². The number of amides is 1. The fraction of sp³-hybridized carbons (Fsp3) is 0.474. The van der Waals surface area contributed by atoms with Crippen molar-refractivity contribution >= 4 is 17.5 Å². The van der Waals surface area contributed by atoms with Gasteiger partial charge in [0.2, 0.25) is 5.91 Å². The molecule has 1 saturated heterocycles. The van der Waals surface area contributed by atoms with Crippen LogP contribution in [0.25, 0.3) is 0 Å². The molecule has 1 aromatic heterocycles. The summed E-state index contributed by atoms with van der Waals surface area (Å²) in [4.78, 5) is 20.7. The minimum atomic E-state index is 0.0653. The summed E-state index contributed by atoms with van der Waals surface area (Å²) in [7, 11) is 0. The number of carbonyl (C=O) groups is 1. The van der Waals surface area contributed by atoms with E-state index in [4.69, 9.17) is 16.3 Å². The van der Waals surface area contributed by atoms with Gasteiger partial charge in [-0.25, -0.2) is 4.98 Å². The summed E-state index contributed by atoms with van der Waals surface area (Å²) < 4.78 is 7.44. The molecule has 0 radical (unpaired) electrons. The molecule has 0 saturated carbocycles. The van der Waals surface area contributed by atoms with Crippen molar-refractivity contribution in [2.24, 2.45) is 0 Å². The summed E-state index contributed by atoms with van der Waals surface area (Å²) in [5.41, 5.74) is 1.11. The van der Waals surface area contributed by atoms with Crippen molar-refractivity contribution in [3.05, 3.63) is 53.1 Å². The number of hydrogen-bond acceptors (Lipinski definition) is 4. The summed E-state index contributed by atoms with van der Waals surface area (Å²) in [6.45, 7) is 7.75. The third-order valence-electron chi connectivity index (χ3n) is 4.61. The Balaban J connectivity index is 1.62. The fourth-order valence-electron chi connectivity index (χ4n) is 3.07. The SMILES string of the molecule is CC(=O)N(CCN1CCOCC1)Cc1nccn1Cc1cccc(Cl)c1. The molecule has 1 aliphatic rings. The van der Waals surface area contributed by atoms with Crippen LogP contribution in [-0.2, 0) is 22.6 Å². The number of imidazole rings is 1. The van der Waals surface area contributed by atoms with Gasteiger partial charge >= 0.3 is 0 Å². The quantitative estimate of drug-likeness (QED) is 0.743. The highest BCUT2D eigenvalue weighted by Gasteiger charge is 2.16. The van der Waals surface area contributed by atoms with Crippen molar-refractivity contribution in [2.45, 2.75) is 20.0 Å². The van der Waals surface area contributed by atoms with Crippen LogP contribution in [0.2, 0.25) is 5.02 Å². The zero-order valence-electron chi connectivity index (χ0n) is 15.1. The lowest BCUT2D eigenvalue weighted by molar-refractivity contribution is -0.129. The van der Waals surface area contributed by atoms with Gasteiger partial charge in [0.1, 0.15) is 5.82 Å².